The molecular weight excluding hydrogens is 327 g/mol. The molecule has 0 radical (unpaired) electrons. The van der Waals surface area contributed by atoms with Gasteiger partial charge in [-0.1, -0.05) is 23.2 Å². The molecule has 1 saturated heterocycles. The van der Waals surface area contributed by atoms with Crippen LogP contribution in [0.4, 0.5) is 5.69 Å². The van der Waals surface area contributed by atoms with E-state index in [2.05, 4.69) is 5.32 Å². The summed E-state index contributed by atoms with van der Waals surface area (Å²) >= 11 is 11.9. The van der Waals surface area contributed by atoms with Gasteiger partial charge in [-0.3, -0.25) is 9.69 Å². The number of amides is 1. The largest absolute Gasteiger partial charge is 0.395 e. The summed E-state index contributed by atoms with van der Waals surface area (Å²) in [4.78, 5) is 14.1. The molecular formula is C15H20Cl2N2O3. The van der Waals surface area contributed by atoms with Gasteiger partial charge >= 0.3 is 0 Å². The standard InChI is InChI=1S/C15H20Cl2N2O3/c16-10-1-4-13(17)14(7-10)18-15(22)5-6-19-11(8-20)2-3-12(19)9-21/h1,4,7,11-12,20-21H,2-3,5-6,8-9H2,(H,18,22)/t11-,12-/m0/s1. The molecule has 0 spiro atoms. The number of nitrogens with zero attached hydrogens (tertiary/aromatic N) is 1. The number of carbonyl (C=O) groups is 1. The minimum atomic E-state index is -0.176. The van der Waals surface area contributed by atoms with Gasteiger partial charge < -0.3 is 15.5 Å². The maximum Gasteiger partial charge on any atom is 0.225 e. The first-order valence-electron chi connectivity index (χ1n) is 7.27. The van der Waals surface area contributed by atoms with Gasteiger partial charge in [-0.2, -0.15) is 0 Å². The highest BCUT2D eigenvalue weighted by Crippen LogP contribution is 2.26. The summed E-state index contributed by atoms with van der Waals surface area (Å²) in [6, 6.07) is 4.91. The Hall–Kier alpha value is -0.850. The number of benzene rings is 1. The van der Waals surface area contributed by atoms with E-state index in [0.29, 0.717) is 22.3 Å². The van der Waals surface area contributed by atoms with E-state index >= 15 is 0 Å². The van der Waals surface area contributed by atoms with E-state index in [9.17, 15) is 15.0 Å². The van der Waals surface area contributed by atoms with Gasteiger partial charge in [-0.25, -0.2) is 0 Å². The van der Waals surface area contributed by atoms with E-state index in [1.54, 1.807) is 18.2 Å². The molecule has 0 aromatic heterocycles. The molecule has 3 N–H and O–H groups in total. The molecule has 2 atom stereocenters. The fourth-order valence-corrected chi connectivity index (χ4v) is 3.15. The molecule has 1 heterocycles. The summed E-state index contributed by atoms with van der Waals surface area (Å²) in [6.45, 7) is 0.566. The number of likely N-dealkylation sites (tertiary alicyclic amines) is 1. The minimum absolute atomic E-state index is 0.0136. The third-order valence-electron chi connectivity index (χ3n) is 3.99. The Kier molecular flexibility index (Phi) is 6.47. The second-order valence-corrected chi connectivity index (χ2v) is 6.25. The predicted octanol–water partition coefficient (Wildman–Crippen LogP) is 2.14. The predicted molar refractivity (Wildman–Crippen MR) is 87.4 cm³/mol. The molecule has 1 aliphatic rings. The Morgan fingerprint density at radius 2 is 1.86 bits per heavy atom. The van der Waals surface area contributed by atoms with Crippen molar-refractivity contribution in [3.63, 3.8) is 0 Å². The zero-order valence-electron chi connectivity index (χ0n) is 12.1. The molecule has 1 aliphatic heterocycles. The van der Waals surface area contributed by atoms with E-state index in [4.69, 9.17) is 23.2 Å². The van der Waals surface area contributed by atoms with Gasteiger partial charge in [0.1, 0.15) is 0 Å². The maximum absolute atomic E-state index is 12.1. The molecule has 1 aromatic rings. The van der Waals surface area contributed by atoms with Crippen LogP contribution < -0.4 is 5.32 Å². The van der Waals surface area contributed by atoms with Crippen LogP contribution in [0.3, 0.4) is 0 Å². The van der Waals surface area contributed by atoms with Gasteiger partial charge in [0.25, 0.3) is 0 Å². The lowest BCUT2D eigenvalue weighted by molar-refractivity contribution is -0.116. The Balaban J connectivity index is 1.90. The molecule has 0 bridgehead atoms. The number of aliphatic hydroxyl groups is 2. The van der Waals surface area contributed by atoms with Crippen LogP contribution in [0.2, 0.25) is 10.0 Å². The van der Waals surface area contributed by atoms with Gasteiger partial charge in [0.05, 0.1) is 23.9 Å². The lowest BCUT2D eigenvalue weighted by Gasteiger charge is -2.27. The van der Waals surface area contributed by atoms with Crippen molar-refractivity contribution in [2.24, 2.45) is 0 Å². The fourth-order valence-electron chi connectivity index (χ4n) is 2.81. The van der Waals surface area contributed by atoms with Crippen molar-refractivity contribution >= 4 is 34.8 Å². The van der Waals surface area contributed by atoms with Crippen LogP contribution in [0.1, 0.15) is 19.3 Å². The quantitative estimate of drug-likeness (QED) is 0.737. The van der Waals surface area contributed by atoms with Gasteiger partial charge in [-0.15, -0.1) is 0 Å². The highest BCUT2D eigenvalue weighted by molar-refractivity contribution is 6.35. The third-order valence-corrected chi connectivity index (χ3v) is 4.56. The number of anilines is 1. The molecule has 122 valence electrons. The van der Waals surface area contributed by atoms with E-state index in [1.165, 1.54) is 0 Å². The van der Waals surface area contributed by atoms with E-state index in [1.807, 2.05) is 4.90 Å². The van der Waals surface area contributed by atoms with Gasteiger partial charge in [-0.05, 0) is 31.0 Å². The molecule has 1 aromatic carbocycles. The summed E-state index contributed by atoms with van der Waals surface area (Å²) < 4.78 is 0. The number of rotatable bonds is 6. The first kappa shape index (κ1) is 17.5. The Labute approximate surface area is 139 Å². The van der Waals surface area contributed by atoms with Crippen LogP contribution in [0, 0.1) is 0 Å². The zero-order valence-corrected chi connectivity index (χ0v) is 13.6. The molecule has 0 aliphatic carbocycles. The van der Waals surface area contributed by atoms with Crippen molar-refractivity contribution in [1.82, 2.24) is 4.90 Å². The molecule has 2 rings (SSSR count). The first-order chi connectivity index (χ1) is 10.5. The molecule has 1 amide bonds. The monoisotopic (exact) mass is 346 g/mol. The van der Waals surface area contributed by atoms with Crippen molar-refractivity contribution in [3.8, 4) is 0 Å². The highest BCUT2D eigenvalue weighted by Gasteiger charge is 2.32. The topological polar surface area (TPSA) is 72.8 Å². The average molecular weight is 347 g/mol. The summed E-state index contributed by atoms with van der Waals surface area (Å²) in [5.74, 6) is -0.176. The fraction of sp³-hybridized carbons (Fsp3) is 0.533. The van der Waals surface area contributed by atoms with Crippen molar-refractivity contribution in [1.29, 1.82) is 0 Å². The normalized spacial score (nSPS) is 22.0. The van der Waals surface area contributed by atoms with Crippen LogP contribution in [0.15, 0.2) is 18.2 Å². The Morgan fingerprint density at radius 3 is 2.45 bits per heavy atom. The van der Waals surface area contributed by atoms with Gasteiger partial charge in [0.2, 0.25) is 5.91 Å². The number of hydrogen-bond acceptors (Lipinski definition) is 4. The van der Waals surface area contributed by atoms with E-state index in [-0.39, 0.29) is 37.6 Å². The van der Waals surface area contributed by atoms with Crippen molar-refractivity contribution < 1.29 is 15.0 Å². The number of carbonyl (C=O) groups excluding carboxylic acids is 1. The Bertz CT molecular complexity index is 516. The van der Waals surface area contributed by atoms with E-state index < -0.39 is 0 Å². The third kappa shape index (κ3) is 4.33. The summed E-state index contributed by atoms with van der Waals surface area (Å²) in [5, 5.41) is 22.4. The molecule has 0 saturated carbocycles. The second-order valence-electron chi connectivity index (χ2n) is 5.41. The second kappa shape index (κ2) is 8.13. The molecule has 1 fully saturated rings. The van der Waals surface area contributed by atoms with Crippen molar-refractivity contribution in [2.45, 2.75) is 31.3 Å². The minimum Gasteiger partial charge on any atom is -0.395 e. The summed E-state index contributed by atoms with van der Waals surface area (Å²) in [7, 11) is 0. The summed E-state index contributed by atoms with van der Waals surface area (Å²) in [6.07, 6.45) is 1.93. The van der Waals surface area contributed by atoms with Gasteiger partial charge in [0, 0.05) is 30.1 Å². The lowest BCUT2D eigenvalue weighted by Crippen LogP contribution is -2.41. The average Bonchev–Trinajstić information content (AvgIpc) is 2.90. The first-order valence-corrected chi connectivity index (χ1v) is 8.03. The van der Waals surface area contributed by atoms with Crippen LogP contribution in [0.25, 0.3) is 0 Å². The number of halogens is 2. The smallest absolute Gasteiger partial charge is 0.225 e. The van der Waals surface area contributed by atoms with Crippen LogP contribution in [0.5, 0.6) is 0 Å². The zero-order chi connectivity index (χ0) is 16.1. The van der Waals surface area contributed by atoms with Crippen molar-refractivity contribution in [2.75, 3.05) is 25.1 Å². The van der Waals surface area contributed by atoms with Crippen LogP contribution in [-0.4, -0.2) is 52.9 Å². The molecule has 0 unspecified atom stereocenters. The lowest BCUT2D eigenvalue weighted by atomic mass is 10.2. The number of hydrogen-bond donors (Lipinski definition) is 3. The number of aliphatic hydroxyl groups excluding tert-OH is 2. The van der Waals surface area contributed by atoms with Crippen LogP contribution >= 0.6 is 23.2 Å². The maximum atomic E-state index is 12.1. The number of nitrogens with one attached hydrogen (secondary N) is 1. The Morgan fingerprint density at radius 1 is 1.23 bits per heavy atom. The molecule has 5 nitrogen and oxygen atoms in total. The van der Waals surface area contributed by atoms with E-state index in [0.717, 1.165) is 12.8 Å². The summed E-state index contributed by atoms with van der Waals surface area (Å²) in [5.41, 5.74) is 0.484. The molecule has 22 heavy (non-hydrogen) atoms. The highest BCUT2D eigenvalue weighted by atomic mass is 35.5. The van der Waals surface area contributed by atoms with Crippen molar-refractivity contribution in [3.05, 3.63) is 28.2 Å². The van der Waals surface area contributed by atoms with Gasteiger partial charge in [0.15, 0.2) is 0 Å². The van der Waals surface area contributed by atoms with Crippen LogP contribution in [-0.2, 0) is 4.79 Å². The molecule has 7 heteroatoms. The SMILES string of the molecule is O=C(CCN1[C@H](CO)CC[C@H]1CO)Nc1cc(Cl)ccc1Cl.